The van der Waals surface area contributed by atoms with E-state index in [4.69, 9.17) is 4.52 Å². The second kappa shape index (κ2) is 7.29. The Bertz CT molecular complexity index is 1040. The van der Waals surface area contributed by atoms with Crippen molar-refractivity contribution in [3.63, 3.8) is 0 Å². The van der Waals surface area contributed by atoms with Gasteiger partial charge in [-0.05, 0) is 24.3 Å². The molecule has 1 amide bonds. The van der Waals surface area contributed by atoms with Crippen molar-refractivity contribution in [1.29, 1.82) is 0 Å². The van der Waals surface area contributed by atoms with Gasteiger partial charge in [-0.25, -0.2) is 4.68 Å². The Morgan fingerprint density at radius 1 is 1.07 bits per heavy atom. The smallest absolute Gasteiger partial charge is 0.254 e. The maximum atomic E-state index is 12.8. The Balaban J connectivity index is 1.49. The molecule has 2 aromatic carbocycles. The van der Waals surface area contributed by atoms with Crippen LogP contribution in [0.5, 0.6) is 0 Å². The highest BCUT2D eigenvalue weighted by Gasteiger charge is 2.16. The van der Waals surface area contributed by atoms with Gasteiger partial charge in [-0.1, -0.05) is 41.6 Å². The molecule has 0 aliphatic heterocycles. The van der Waals surface area contributed by atoms with E-state index in [1.165, 1.54) is 0 Å². The number of carbonyl (C=O) groups excluding carboxylic acids is 1. The Hall–Kier alpha value is -3.67. The largest absolute Gasteiger partial charge is 0.359 e. The molecule has 0 N–H and O–H groups in total. The molecule has 4 rings (SSSR count). The van der Waals surface area contributed by atoms with E-state index in [0.717, 1.165) is 16.9 Å². The van der Waals surface area contributed by atoms with Crippen LogP contribution in [0.25, 0.3) is 16.9 Å². The molecule has 0 bridgehead atoms. The lowest BCUT2D eigenvalue weighted by molar-refractivity contribution is 0.0772. The summed E-state index contributed by atoms with van der Waals surface area (Å²) in [6, 6.07) is 20.9. The highest BCUT2D eigenvalue weighted by atomic mass is 16.5. The predicted octanol–water partition coefficient (Wildman–Crippen LogP) is 3.80. The minimum Gasteiger partial charge on any atom is -0.359 e. The van der Waals surface area contributed by atoms with Crippen LogP contribution < -0.4 is 0 Å². The first-order chi connectivity index (χ1) is 13.2. The Kier molecular flexibility index (Phi) is 4.53. The third kappa shape index (κ3) is 3.64. The minimum atomic E-state index is -0.0957. The lowest BCUT2D eigenvalue weighted by atomic mass is 10.1. The molecule has 134 valence electrons. The summed E-state index contributed by atoms with van der Waals surface area (Å²) in [5.41, 5.74) is 3.17. The van der Waals surface area contributed by atoms with E-state index in [0.29, 0.717) is 17.9 Å². The van der Waals surface area contributed by atoms with E-state index in [1.54, 1.807) is 28.9 Å². The Labute approximate surface area is 156 Å². The predicted molar refractivity (Wildman–Crippen MR) is 101 cm³/mol. The van der Waals surface area contributed by atoms with E-state index in [-0.39, 0.29) is 5.91 Å². The summed E-state index contributed by atoms with van der Waals surface area (Å²) >= 11 is 0. The molecule has 6 nitrogen and oxygen atoms in total. The van der Waals surface area contributed by atoms with Crippen molar-refractivity contribution < 1.29 is 9.32 Å². The summed E-state index contributed by atoms with van der Waals surface area (Å²) in [5, 5.41) is 8.29. The van der Waals surface area contributed by atoms with Crippen LogP contribution >= 0.6 is 0 Å². The number of aromatic nitrogens is 3. The lowest BCUT2D eigenvalue weighted by Gasteiger charge is -2.15. The van der Waals surface area contributed by atoms with Gasteiger partial charge in [-0.15, -0.1) is 0 Å². The van der Waals surface area contributed by atoms with Crippen LogP contribution in [0.15, 0.2) is 83.6 Å². The van der Waals surface area contributed by atoms with Gasteiger partial charge < -0.3 is 9.42 Å². The van der Waals surface area contributed by atoms with Crippen molar-refractivity contribution >= 4 is 5.91 Å². The molecule has 0 unspecified atom stereocenters. The third-order valence-corrected chi connectivity index (χ3v) is 4.23. The number of hydrogen-bond donors (Lipinski definition) is 0. The SMILES string of the molecule is CN(Cc1cc(-c2ccccc2)no1)C(=O)c1cccc(-n2cccn2)c1. The molecule has 2 aromatic heterocycles. The first-order valence-corrected chi connectivity index (χ1v) is 8.57. The second-order valence-corrected chi connectivity index (χ2v) is 6.21. The molecule has 0 radical (unpaired) electrons. The van der Waals surface area contributed by atoms with E-state index < -0.39 is 0 Å². The maximum Gasteiger partial charge on any atom is 0.254 e. The number of amides is 1. The summed E-state index contributed by atoms with van der Waals surface area (Å²) in [4.78, 5) is 14.4. The quantitative estimate of drug-likeness (QED) is 0.544. The summed E-state index contributed by atoms with van der Waals surface area (Å²) in [6.45, 7) is 0.338. The fourth-order valence-electron chi connectivity index (χ4n) is 2.86. The summed E-state index contributed by atoms with van der Waals surface area (Å²) in [7, 11) is 1.74. The summed E-state index contributed by atoms with van der Waals surface area (Å²) < 4.78 is 7.12. The van der Waals surface area contributed by atoms with Crippen molar-refractivity contribution in [3.05, 3.63) is 90.4 Å². The Morgan fingerprint density at radius 2 is 1.93 bits per heavy atom. The minimum absolute atomic E-state index is 0.0957. The molecule has 27 heavy (non-hydrogen) atoms. The fraction of sp³-hybridized carbons (Fsp3) is 0.0952. The van der Waals surface area contributed by atoms with Crippen LogP contribution in [0.2, 0.25) is 0 Å². The normalized spacial score (nSPS) is 10.7. The zero-order valence-corrected chi connectivity index (χ0v) is 14.8. The zero-order valence-electron chi connectivity index (χ0n) is 14.8. The van der Waals surface area contributed by atoms with Crippen LogP contribution in [-0.2, 0) is 6.54 Å². The molecule has 0 aliphatic rings. The van der Waals surface area contributed by atoms with Crippen LogP contribution in [0.3, 0.4) is 0 Å². The fourth-order valence-corrected chi connectivity index (χ4v) is 2.86. The first kappa shape index (κ1) is 16.8. The number of rotatable bonds is 5. The molecule has 0 atom stereocenters. The zero-order chi connectivity index (χ0) is 18.6. The average molecular weight is 358 g/mol. The van der Waals surface area contributed by atoms with Crippen LogP contribution in [0.4, 0.5) is 0 Å². The van der Waals surface area contributed by atoms with E-state index in [2.05, 4.69) is 10.3 Å². The molecule has 0 fully saturated rings. The van der Waals surface area contributed by atoms with Gasteiger partial charge in [-0.3, -0.25) is 4.79 Å². The molecule has 4 aromatic rings. The van der Waals surface area contributed by atoms with Gasteiger partial charge in [0.1, 0.15) is 5.69 Å². The molecule has 0 saturated heterocycles. The maximum absolute atomic E-state index is 12.8. The van der Waals surface area contributed by atoms with Crippen molar-refractivity contribution in [1.82, 2.24) is 19.8 Å². The summed E-state index contributed by atoms with van der Waals surface area (Å²) in [6.07, 6.45) is 3.54. The second-order valence-electron chi connectivity index (χ2n) is 6.21. The highest BCUT2D eigenvalue weighted by Crippen LogP contribution is 2.20. The van der Waals surface area contributed by atoms with Gasteiger partial charge in [0.05, 0.1) is 12.2 Å². The van der Waals surface area contributed by atoms with Crippen molar-refractivity contribution in [2.24, 2.45) is 0 Å². The van der Waals surface area contributed by atoms with Gasteiger partial charge in [-0.2, -0.15) is 5.10 Å². The number of carbonyl (C=O) groups is 1. The van der Waals surface area contributed by atoms with Gasteiger partial charge in [0.15, 0.2) is 5.76 Å². The molecule has 0 aliphatic carbocycles. The number of nitrogens with zero attached hydrogens (tertiary/aromatic N) is 4. The van der Waals surface area contributed by atoms with E-state index >= 15 is 0 Å². The van der Waals surface area contributed by atoms with Gasteiger partial charge in [0, 0.05) is 36.6 Å². The van der Waals surface area contributed by atoms with Crippen molar-refractivity contribution in [3.8, 4) is 16.9 Å². The van der Waals surface area contributed by atoms with Crippen LogP contribution in [-0.4, -0.2) is 32.8 Å². The van der Waals surface area contributed by atoms with Crippen LogP contribution in [0.1, 0.15) is 16.1 Å². The topological polar surface area (TPSA) is 64.2 Å². The highest BCUT2D eigenvalue weighted by molar-refractivity contribution is 5.94. The van der Waals surface area contributed by atoms with E-state index in [1.807, 2.05) is 66.9 Å². The molecule has 6 heteroatoms. The van der Waals surface area contributed by atoms with Crippen molar-refractivity contribution in [2.75, 3.05) is 7.05 Å². The summed E-state index contributed by atoms with van der Waals surface area (Å²) in [5.74, 6) is 0.537. The third-order valence-electron chi connectivity index (χ3n) is 4.23. The standard InChI is InChI=1S/C21H18N4O2/c1-24(15-19-14-20(23-27-19)16-7-3-2-4-8-16)21(26)17-9-5-10-18(13-17)25-12-6-11-22-25/h2-14H,15H2,1H3. The Morgan fingerprint density at radius 3 is 2.70 bits per heavy atom. The lowest BCUT2D eigenvalue weighted by Crippen LogP contribution is -2.26. The van der Waals surface area contributed by atoms with Gasteiger partial charge in [0.2, 0.25) is 0 Å². The molecular weight excluding hydrogens is 340 g/mol. The number of hydrogen-bond acceptors (Lipinski definition) is 4. The van der Waals surface area contributed by atoms with Gasteiger partial charge >= 0.3 is 0 Å². The molecular formula is C21H18N4O2. The molecule has 0 spiro atoms. The average Bonchev–Trinajstić information content (AvgIpc) is 3.40. The number of benzene rings is 2. The van der Waals surface area contributed by atoms with Crippen molar-refractivity contribution in [2.45, 2.75) is 6.54 Å². The van der Waals surface area contributed by atoms with E-state index in [9.17, 15) is 4.79 Å². The molecule has 0 saturated carbocycles. The molecule has 2 heterocycles. The van der Waals surface area contributed by atoms with Crippen LogP contribution in [0, 0.1) is 0 Å². The monoisotopic (exact) mass is 358 g/mol. The first-order valence-electron chi connectivity index (χ1n) is 8.57. The van der Waals surface area contributed by atoms with Gasteiger partial charge in [0.25, 0.3) is 5.91 Å².